The predicted octanol–water partition coefficient (Wildman–Crippen LogP) is 14.6. The first-order valence-corrected chi connectivity index (χ1v) is 49.0. The van der Waals surface area contributed by atoms with Gasteiger partial charge in [0.2, 0.25) is 23.6 Å². The summed E-state index contributed by atoms with van der Waals surface area (Å²) in [5.74, 6) is -0.152. The number of sulfone groups is 1. The van der Waals surface area contributed by atoms with Gasteiger partial charge >= 0.3 is 0 Å². The van der Waals surface area contributed by atoms with Gasteiger partial charge in [0.05, 0.1) is 18.6 Å². The van der Waals surface area contributed by atoms with Crippen molar-refractivity contribution < 1.29 is 56.3 Å². The number of carbonyl (C=O) groups excluding carboxylic acids is 5. The van der Waals surface area contributed by atoms with Gasteiger partial charge in [-0.05, 0) is 185 Å². The summed E-state index contributed by atoms with van der Waals surface area (Å²) in [5, 5.41) is 47.5. The van der Waals surface area contributed by atoms with Gasteiger partial charge < -0.3 is 68.0 Å². The number of aromatic nitrogens is 3. The van der Waals surface area contributed by atoms with E-state index in [-0.39, 0.29) is 53.2 Å². The van der Waals surface area contributed by atoms with Gasteiger partial charge in [-0.2, -0.15) is 11.8 Å². The number of anilines is 4. The fourth-order valence-electron chi connectivity index (χ4n) is 10.1. The zero-order valence-electron chi connectivity index (χ0n) is 84.1. The molecule has 2 atom stereocenters. The van der Waals surface area contributed by atoms with Crippen LogP contribution in [0.4, 0.5) is 22.7 Å². The van der Waals surface area contributed by atoms with Gasteiger partial charge in [-0.3, -0.25) is 52.0 Å². The van der Waals surface area contributed by atoms with E-state index in [1.54, 1.807) is 64.7 Å². The number of nitrogen functional groups attached to an aromatic ring is 1. The number of nitrogens with two attached hydrogens (primary N) is 1. The maximum atomic E-state index is 11.6. The van der Waals surface area contributed by atoms with E-state index in [0.717, 1.165) is 142 Å². The fraction of sp³-hybridized carbons (Fsp3) is 0.837. The van der Waals surface area contributed by atoms with Crippen molar-refractivity contribution in [3.8, 4) is 0 Å². The van der Waals surface area contributed by atoms with E-state index in [9.17, 15) is 55.8 Å². The Labute approximate surface area is 752 Å². The molecule has 5 amide bonds. The Morgan fingerprint density at radius 3 is 1.14 bits per heavy atom. The Morgan fingerprint density at radius 1 is 0.496 bits per heavy atom. The predicted molar refractivity (Wildman–Crippen MR) is 520 cm³/mol. The van der Waals surface area contributed by atoms with Gasteiger partial charge in [0.25, 0.3) is 27.6 Å². The van der Waals surface area contributed by atoms with Crippen LogP contribution in [0.5, 0.6) is 0 Å². The van der Waals surface area contributed by atoms with Gasteiger partial charge in [-0.25, -0.2) is 8.42 Å². The number of nitrogens with zero attached hydrogens (tertiary/aromatic N) is 3. The normalized spacial score (nSPS) is 12.4. The average Bonchev–Trinajstić information content (AvgIpc) is 1.04. The first-order chi connectivity index (χ1) is 55.7. The first-order valence-electron chi connectivity index (χ1n) is 43.8. The fourth-order valence-corrected chi connectivity index (χ4v) is 11.5. The summed E-state index contributed by atoms with van der Waals surface area (Å²) in [7, 11) is 0.510. The third kappa shape index (κ3) is 85.4. The van der Waals surface area contributed by atoms with E-state index in [0.29, 0.717) is 98.1 Å². The van der Waals surface area contributed by atoms with Crippen LogP contribution in [0.1, 0.15) is 323 Å². The standard InChI is InChI=1S/C12H20N2O2.C12H25NO2.C11H18N2O2.C11H23NO2.C10H19N3O.C10H21NO3S.C10H21NO2S.C10H21NOS.C6H14O/c1-12(2,3)6-5-7-14-9-8(13-4)10(15)11(9)16;1-11(2,3)8-7-9-13-10(14)12(4,5)15-6;1-11(2,3)5-4-6-13-8-7(12)9(14)10(8)15;1-9(14-5)10(13)12-8-6-7-11(2,3)4;1-10(2,3)5-4-6-13-7-9(8-14)11-12-13;1-10(2,3)6-5-7-11-9(12)8-15(4,13)14;1-10(2,3)6-5-7-11-9(12)8-14(4)13;1-10(2,3)6-5-7-11-9(12)8-13-4;1-6(2,3)4-5-7/h13-14H,5-7H2,1-4H3;7-9H2,1-6H3,(H,13,14);13H,4-6,12H2,1-3H3;9H,6-8H2,1-5H3,(H,12,13);7,14H,4-6,8H2,1-3H3;5-8H2,1-4H3,(H,11,12);5-8H2,1-4H3,(H,11,12);5-8H2,1-4H3,(H,11,12);7H,4-5H2,1-3H3. The Kier molecular flexibility index (Phi) is 66.5. The number of rotatable bonds is 39. The highest BCUT2D eigenvalue weighted by atomic mass is 32.2. The van der Waals surface area contributed by atoms with Crippen LogP contribution in [0.15, 0.2) is 25.4 Å². The number of hydrogen-bond acceptors (Lipinski definition) is 23. The van der Waals surface area contributed by atoms with Crippen molar-refractivity contribution in [1.29, 1.82) is 0 Å². The molecule has 3 rings (SSSR count). The van der Waals surface area contributed by atoms with Gasteiger partial charge in [-0.15, -0.1) is 5.10 Å². The molecule has 0 bridgehead atoms. The Hall–Kier alpha value is -5.86. The quantitative estimate of drug-likeness (QED) is 0.0187. The van der Waals surface area contributed by atoms with Crippen LogP contribution < -0.4 is 70.0 Å². The van der Waals surface area contributed by atoms with Crippen LogP contribution in [0.25, 0.3) is 0 Å². The van der Waals surface area contributed by atoms with Crippen LogP contribution in [0.2, 0.25) is 0 Å². The molecule has 0 aliphatic heterocycles. The van der Waals surface area contributed by atoms with E-state index in [1.807, 2.05) is 6.26 Å². The van der Waals surface area contributed by atoms with Crippen molar-refractivity contribution in [2.75, 3.05) is 131 Å². The Balaban J connectivity index is -0.000000315. The number of nitrogens with one attached hydrogen (secondary N) is 8. The molecule has 1 heterocycles. The number of ether oxygens (including phenoxy) is 2. The van der Waals surface area contributed by atoms with Crippen LogP contribution >= 0.6 is 11.8 Å². The number of aliphatic hydroxyl groups is 2. The molecular weight excluding hydrogens is 1630 g/mol. The average molecular weight is 1810 g/mol. The van der Waals surface area contributed by atoms with Gasteiger partial charge in [0.15, 0.2) is 9.84 Å². The van der Waals surface area contributed by atoms with E-state index in [4.69, 9.17) is 25.4 Å². The summed E-state index contributed by atoms with van der Waals surface area (Å²) < 4.78 is 44.0. The lowest BCUT2D eigenvalue weighted by Crippen LogP contribution is -2.43. The Morgan fingerprint density at radius 2 is 0.829 bits per heavy atom. The van der Waals surface area contributed by atoms with Gasteiger partial charge in [0, 0.05) is 104 Å². The minimum atomic E-state index is -3.20. The largest absolute Gasteiger partial charge is 0.396 e. The molecule has 31 heteroatoms. The zero-order chi connectivity index (χ0) is 97.4. The van der Waals surface area contributed by atoms with Crippen LogP contribution in [0, 0.1) is 48.7 Å². The zero-order valence-corrected chi connectivity index (χ0v) is 86.6. The van der Waals surface area contributed by atoms with Crippen molar-refractivity contribution in [3.63, 3.8) is 0 Å². The Bertz CT molecular complexity index is 3630. The SMILES string of the molecule is CC(C)(C)CCCNC(=O)CS(C)(=O)=O.CC(C)(C)CCCNc1c(N)c(=O)c1=O.CC(C)(C)CCCn1cc(CO)nn1.CC(C)(C)CCO.CNc1c(NCCCC(C)(C)C)c(=O)c1=O.COC(C)(C)C(=O)NCCCC(C)(C)C.COC(C)C(=O)NCCCC(C)(C)C.CS(=O)CC(=O)NCCCC(C)(C)C.CSCC(=O)NCCCC(C)(C)C. The summed E-state index contributed by atoms with van der Waals surface area (Å²) in [4.78, 5) is 100. The number of thioether (sulfide) groups is 1. The molecule has 3 aromatic rings. The number of amides is 5. The van der Waals surface area contributed by atoms with Crippen LogP contribution in [-0.4, -0.2) is 189 Å². The monoisotopic (exact) mass is 1810 g/mol. The lowest BCUT2D eigenvalue weighted by molar-refractivity contribution is -0.139. The van der Waals surface area contributed by atoms with Crippen molar-refractivity contribution in [1.82, 2.24) is 41.6 Å². The molecule has 28 nitrogen and oxygen atoms in total. The van der Waals surface area contributed by atoms with E-state index in [2.05, 4.69) is 240 Å². The van der Waals surface area contributed by atoms with Crippen LogP contribution in [-0.2, 0) is 67.2 Å². The van der Waals surface area contributed by atoms with Crippen molar-refractivity contribution in [3.05, 3.63) is 52.8 Å². The maximum absolute atomic E-state index is 11.6. The molecule has 1 aromatic heterocycles. The van der Waals surface area contributed by atoms with Crippen molar-refractivity contribution in [2.24, 2.45) is 48.7 Å². The van der Waals surface area contributed by atoms with Crippen molar-refractivity contribution in [2.45, 2.75) is 342 Å². The second-order valence-corrected chi connectivity index (χ2v) is 47.3. The number of carbonyl (C=O) groups is 5. The molecule has 0 aliphatic rings. The third-order valence-electron chi connectivity index (χ3n) is 17.7. The molecular formula is C92H182N12O16S3. The molecule has 0 aliphatic carbocycles. The molecule has 0 spiro atoms. The molecule has 0 saturated heterocycles. The van der Waals surface area contributed by atoms with Crippen molar-refractivity contribution >= 4 is 84.7 Å². The molecule has 12 N–H and O–H groups in total. The first kappa shape index (κ1) is 128. The second kappa shape index (κ2) is 64.0. The minimum absolute atomic E-state index is 0.0265. The highest BCUT2D eigenvalue weighted by Crippen LogP contribution is 2.26. The molecule has 2 unspecified atom stereocenters. The number of methoxy groups -OCH3 is 2. The third-order valence-corrected chi connectivity index (χ3v) is 19.7. The van der Waals surface area contributed by atoms with Gasteiger partial charge in [-0.1, -0.05) is 192 Å². The number of aryl methyl sites for hydroxylation is 1. The van der Waals surface area contributed by atoms with E-state index >= 15 is 0 Å². The highest BCUT2D eigenvalue weighted by molar-refractivity contribution is 7.99. The molecule has 2 aromatic carbocycles. The minimum Gasteiger partial charge on any atom is -0.396 e. The summed E-state index contributed by atoms with van der Waals surface area (Å²) in [6.45, 7) is 70.3. The highest BCUT2D eigenvalue weighted by Gasteiger charge is 2.27. The second-order valence-electron chi connectivity index (χ2n) is 42.8. The lowest BCUT2D eigenvalue weighted by atomic mass is 9.90. The summed E-state index contributed by atoms with van der Waals surface area (Å²) >= 11 is 1.56. The summed E-state index contributed by atoms with van der Waals surface area (Å²) in [6, 6.07) is 0. The number of hydrogen-bond donors (Lipinski definition) is 11. The number of aliphatic hydroxyl groups excluding tert-OH is 2. The topological polar surface area (TPSA) is 417 Å². The van der Waals surface area contributed by atoms with E-state index < -0.39 is 59.6 Å². The smallest absolute Gasteiger partial charge is 0.253 e. The maximum Gasteiger partial charge on any atom is 0.253 e. The summed E-state index contributed by atoms with van der Waals surface area (Å²) in [6.07, 6.45) is 23.7. The van der Waals surface area contributed by atoms with E-state index in [1.165, 1.54) is 12.7 Å². The molecule has 724 valence electrons. The van der Waals surface area contributed by atoms with Gasteiger partial charge in [0.1, 0.15) is 51.7 Å². The molecule has 123 heavy (non-hydrogen) atoms. The summed E-state index contributed by atoms with van der Waals surface area (Å²) in [5.41, 5.74) is 7.57. The lowest BCUT2D eigenvalue weighted by Gasteiger charge is -2.22. The molecule has 0 saturated carbocycles. The molecule has 0 radical (unpaired) electrons. The molecule has 0 fully saturated rings. The van der Waals surface area contributed by atoms with Crippen LogP contribution in [0.3, 0.4) is 0 Å².